The Morgan fingerprint density at radius 2 is 1.80 bits per heavy atom. The van der Waals surface area contributed by atoms with E-state index in [-0.39, 0.29) is 5.91 Å². The van der Waals surface area contributed by atoms with E-state index in [0.29, 0.717) is 24.4 Å². The largest absolute Gasteiger partial charge is 0.322 e. The van der Waals surface area contributed by atoms with Crippen LogP contribution in [-0.4, -0.2) is 20.5 Å². The van der Waals surface area contributed by atoms with Crippen molar-refractivity contribution in [1.82, 2.24) is 14.6 Å². The molecule has 1 amide bonds. The maximum atomic E-state index is 12.5. The molecule has 2 heterocycles. The zero-order chi connectivity index (χ0) is 28.3. The molecule has 0 aliphatic heterocycles. The van der Waals surface area contributed by atoms with Gasteiger partial charge in [0.2, 0.25) is 5.91 Å². The lowest BCUT2D eigenvalue weighted by molar-refractivity contribution is -0.116. The van der Waals surface area contributed by atoms with Crippen LogP contribution in [0.2, 0.25) is 0 Å². The first kappa shape index (κ1) is 29.5. The van der Waals surface area contributed by atoms with E-state index in [1.165, 1.54) is 80.2 Å². The quantitative estimate of drug-likeness (QED) is 0.291. The van der Waals surface area contributed by atoms with Gasteiger partial charge in [-0.15, -0.1) is 0 Å². The Labute approximate surface area is 240 Å². The van der Waals surface area contributed by atoms with Crippen LogP contribution >= 0.6 is 0 Å². The summed E-state index contributed by atoms with van der Waals surface area (Å²) in [6.45, 7) is 10.4. The Bertz CT molecular complexity index is 1340. The maximum absolute atomic E-state index is 12.5. The van der Waals surface area contributed by atoms with Gasteiger partial charge in [-0.25, -0.2) is 9.50 Å². The number of carbonyl (C=O) groups is 1. The van der Waals surface area contributed by atoms with E-state index in [0.717, 1.165) is 23.2 Å². The van der Waals surface area contributed by atoms with E-state index in [9.17, 15) is 4.79 Å². The van der Waals surface area contributed by atoms with Crippen LogP contribution in [-0.2, 0) is 4.79 Å². The molecule has 0 atom stereocenters. The van der Waals surface area contributed by atoms with Gasteiger partial charge in [-0.1, -0.05) is 98.9 Å². The standard InChI is InChI=1S/C26H32N4O.C9H14/c1-4-18(2)12-15-24(31)29-23-17-28-30-25(21-8-6-5-7-9-21)22(16-27-26(23)30)20-13-10-19(3)11-14-20;1-2-9-7-5-3-4-6-8-9/h10-11,13-14,16-17,21H,2,4-9,12,15H2,1,3H3,(H,29,31);5,7-8H,2-4,6H2,1H3. The summed E-state index contributed by atoms with van der Waals surface area (Å²) in [5.41, 5.74) is 8.77. The second-order valence-electron chi connectivity index (χ2n) is 11.2. The average molecular weight is 539 g/mol. The molecule has 1 saturated carbocycles. The highest BCUT2D eigenvalue weighted by molar-refractivity contribution is 5.94. The highest BCUT2D eigenvalue weighted by Crippen LogP contribution is 2.38. The number of hydrogen-bond acceptors (Lipinski definition) is 3. The second kappa shape index (κ2) is 14.8. The van der Waals surface area contributed by atoms with Gasteiger partial charge in [0.25, 0.3) is 0 Å². The van der Waals surface area contributed by atoms with E-state index in [1.807, 2.05) is 10.7 Å². The molecule has 0 spiro atoms. The van der Waals surface area contributed by atoms with Crippen molar-refractivity contribution in [2.75, 3.05) is 5.32 Å². The summed E-state index contributed by atoms with van der Waals surface area (Å²) < 4.78 is 1.96. The number of anilines is 1. The smallest absolute Gasteiger partial charge is 0.224 e. The molecule has 1 fully saturated rings. The number of rotatable bonds is 8. The summed E-state index contributed by atoms with van der Waals surface area (Å²) in [4.78, 5) is 17.2. The van der Waals surface area contributed by atoms with Crippen LogP contribution < -0.4 is 5.32 Å². The van der Waals surface area contributed by atoms with Gasteiger partial charge in [-0.05, 0) is 63.9 Å². The Balaban J connectivity index is 0.000000350. The number of carbonyl (C=O) groups excluding carboxylic acids is 1. The van der Waals surface area contributed by atoms with Crippen LogP contribution in [0.25, 0.3) is 16.8 Å². The predicted octanol–water partition coefficient (Wildman–Crippen LogP) is 9.50. The minimum absolute atomic E-state index is 0.0203. The van der Waals surface area contributed by atoms with Gasteiger partial charge >= 0.3 is 0 Å². The van der Waals surface area contributed by atoms with Gasteiger partial charge in [0.1, 0.15) is 5.69 Å². The van der Waals surface area contributed by atoms with Crippen molar-refractivity contribution in [3.8, 4) is 11.1 Å². The second-order valence-corrected chi connectivity index (χ2v) is 11.2. The number of fused-ring (bicyclic) bond motifs is 1. The first-order valence-electron chi connectivity index (χ1n) is 15.3. The number of aryl methyl sites for hydroxylation is 1. The lowest BCUT2D eigenvalue weighted by Crippen LogP contribution is -2.14. The number of nitrogens with one attached hydrogen (secondary N) is 1. The fraction of sp³-hybridized carbons (Fsp3) is 0.457. The van der Waals surface area contributed by atoms with E-state index >= 15 is 0 Å². The van der Waals surface area contributed by atoms with Crippen molar-refractivity contribution < 1.29 is 4.79 Å². The lowest BCUT2D eigenvalue weighted by atomic mass is 9.84. The highest BCUT2D eigenvalue weighted by Gasteiger charge is 2.24. The Hall–Kier alpha value is -3.47. The molecule has 0 unspecified atom stereocenters. The molecule has 2 aliphatic carbocycles. The summed E-state index contributed by atoms with van der Waals surface area (Å²) in [6.07, 6.45) is 23.8. The third kappa shape index (κ3) is 7.80. The van der Waals surface area contributed by atoms with Gasteiger partial charge in [0.05, 0.1) is 11.9 Å². The predicted molar refractivity (Wildman–Crippen MR) is 168 cm³/mol. The fourth-order valence-electron chi connectivity index (χ4n) is 5.53. The molecule has 2 aromatic heterocycles. The van der Waals surface area contributed by atoms with Crippen LogP contribution in [0.1, 0.15) is 108 Å². The van der Waals surface area contributed by atoms with Crippen molar-refractivity contribution in [2.24, 2.45) is 0 Å². The summed E-state index contributed by atoms with van der Waals surface area (Å²) >= 11 is 0. The molecular weight excluding hydrogens is 492 g/mol. The molecule has 0 bridgehead atoms. The Kier molecular flexibility index (Phi) is 10.9. The monoisotopic (exact) mass is 538 g/mol. The zero-order valence-corrected chi connectivity index (χ0v) is 24.7. The van der Waals surface area contributed by atoms with Gasteiger partial charge in [-0.2, -0.15) is 5.10 Å². The topological polar surface area (TPSA) is 59.3 Å². The van der Waals surface area contributed by atoms with E-state index < -0.39 is 0 Å². The number of amides is 1. The molecule has 3 aromatic rings. The maximum Gasteiger partial charge on any atom is 0.224 e. The Morgan fingerprint density at radius 3 is 2.52 bits per heavy atom. The number of aromatic nitrogens is 3. The minimum Gasteiger partial charge on any atom is -0.322 e. The first-order chi connectivity index (χ1) is 19.5. The van der Waals surface area contributed by atoms with Crippen molar-refractivity contribution >= 4 is 17.2 Å². The molecule has 1 aromatic carbocycles. The molecule has 0 radical (unpaired) electrons. The van der Waals surface area contributed by atoms with Crippen LogP contribution in [0.15, 0.2) is 72.6 Å². The van der Waals surface area contributed by atoms with Crippen LogP contribution in [0.5, 0.6) is 0 Å². The average Bonchev–Trinajstić information content (AvgIpc) is 3.20. The summed E-state index contributed by atoms with van der Waals surface area (Å²) in [7, 11) is 0. The molecule has 212 valence electrons. The zero-order valence-electron chi connectivity index (χ0n) is 24.7. The van der Waals surface area contributed by atoms with Gasteiger partial charge < -0.3 is 5.32 Å². The summed E-state index contributed by atoms with van der Waals surface area (Å²) in [5.74, 6) is 0.431. The number of nitrogens with zero attached hydrogens (tertiary/aromatic N) is 3. The third-order valence-corrected chi connectivity index (χ3v) is 8.12. The lowest BCUT2D eigenvalue weighted by Gasteiger charge is -2.25. The molecule has 5 nitrogen and oxygen atoms in total. The van der Waals surface area contributed by atoms with Crippen LogP contribution in [0, 0.1) is 6.92 Å². The molecule has 0 saturated heterocycles. The Morgan fingerprint density at radius 1 is 1.02 bits per heavy atom. The van der Waals surface area contributed by atoms with Gasteiger partial charge in [0.15, 0.2) is 5.65 Å². The minimum atomic E-state index is -0.0203. The fourth-order valence-corrected chi connectivity index (χ4v) is 5.53. The van der Waals surface area contributed by atoms with Crippen molar-refractivity contribution in [3.63, 3.8) is 0 Å². The summed E-state index contributed by atoms with van der Waals surface area (Å²) in [6, 6.07) is 8.61. The van der Waals surface area contributed by atoms with E-state index in [1.54, 1.807) is 6.20 Å². The summed E-state index contributed by atoms with van der Waals surface area (Å²) in [5, 5.41) is 7.70. The molecular formula is C35H46N4O. The SMILES string of the molecule is C=C(CC)CCC(=O)Nc1cnn2c(C3CCCCC3)c(-c3ccc(C)cc3)cnc12.CCC1=CCCCC=C1. The number of benzene rings is 1. The van der Waals surface area contributed by atoms with E-state index in [2.05, 4.69) is 80.3 Å². The van der Waals surface area contributed by atoms with Crippen molar-refractivity contribution in [3.05, 3.63) is 83.9 Å². The molecule has 2 aliphatic rings. The van der Waals surface area contributed by atoms with Gasteiger partial charge in [-0.3, -0.25) is 4.79 Å². The molecule has 40 heavy (non-hydrogen) atoms. The number of hydrogen-bond donors (Lipinski definition) is 1. The van der Waals surface area contributed by atoms with Gasteiger partial charge in [0, 0.05) is 24.1 Å². The van der Waals surface area contributed by atoms with Crippen molar-refractivity contribution in [2.45, 2.75) is 104 Å². The van der Waals surface area contributed by atoms with Crippen LogP contribution in [0.3, 0.4) is 0 Å². The first-order valence-corrected chi connectivity index (χ1v) is 15.3. The molecule has 1 N–H and O–H groups in total. The normalized spacial score (nSPS) is 15.6. The van der Waals surface area contributed by atoms with Crippen molar-refractivity contribution in [1.29, 1.82) is 0 Å². The highest BCUT2D eigenvalue weighted by atomic mass is 16.1. The number of allylic oxidation sites excluding steroid dienone is 5. The van der Waals surface area contributed by atoms with E-state index in [4.69, 9.17) is 4.98 Å². The third-order valence-electron chi connectivity index (χ3n) is 8.12. The van der Waals surface area contributed by atoms with Crippen LogP contribution in [0.4, 0.5) is 5.69 Å². The molecule has 5 rings (SSSR count). The molecule has 5 heteroatoms.